The lowest BCUT2D eigenvalue weighted by Gasteiger charge is -2.43. The lowest BCUT2D eigenvalue weighted by molar-refractivity contribution is -0.137. The van der Waals surface area contributed by atoms with E-state index >= 15 is 0 Å². The summed E-state index contributed by atoms with van der Waals surface area (Å²) in [7, 11) is 0. The third kappa shape index (κ3) is 5.64. The number of benzene rings is 3. The fourth-order valence-corrected chi connectivity index (χ4v) is 5.58. The molecule has 9 heteroatoms. The molecular weight excluding hydrogens is 509 g/mol. The first-order chi connectivity index (χ1) is 19.4. The van der Waals surface area contributed by atoms with Crippen LogP contribution in [0.5, 0.6) is 0 Å². The quantitative estimate of drug-likeness (QED) is 0.463. The highest BCUT2D eigenvalue weighted by atomic mass is 19.1. The predicted octanol–water partition coefficient (Wildman–Crippen LogP) is 4.38. The summed E-state index contributed by atoms with van der Waals surface area (Å²) in [5.74, 6) is -0.725. The summed E-state index contributed by atoms with van der Waals surface area (Å²) in [4.78, 5) is 45.3. The number of nitrogens with zero attached hydrogens (tertiary/aromatic N) is 3. The van der Waals surface area contributed by atoms with Gasteiger partial charge in [0.05, 0.1) is 6.67 Å². The zero-order valence-electron chi connectivity index (χ0n) is 22.6. The average molecular weight is 544 g/mol. The topological polar surface area (TPSA) is 85.0 Å². The minimum Gasteiger partial charge on any atom is -0.350 e. The highest BCUT2D eigenvalue weighted by Crippen LogP contribution is 2.39. The minimum atomic E-state index is -0.837. The molecule has 3 aromatic carbocycles. The molecule has 8 nitrogen and oxygen atoms in total. The number of nitrogens with one attached hydrogen (secondary N) is 2. The Morgan fingerprint density at radius 1 is 0.925 bits per heavy atom. The predicted molar refractivity (Wildman–Crippen MR) is 152 cm³/mol. The van der Waals surface area contributed by atoms with E-state index in [4.69, 9.17) is 0 Å². The maximum atomic E-state index is 13.9. The summed E-state index contributed by atoms with van der Waals surface area (Å²) in [5, 5.41) is 5.87. The Kier molecular flexibility index (Phi) is 8.00. The van der Waals surface area contributed by atoms with Crippen LogP contribution in [-0.4, -0.2) is 59.5 Å². The molecule has 0 aromatic heterocycles. The molecule has 0 unspecified atom stereocenters. The van der Waals surface area contributed by atoms with Gasteiger partial charge >= 0.3 is 6.03 Å². The number of hydrogen-bond donors (Lipinski definition) is 2. The Morgan fingerprint density at radius 3 is 2.30 bits per heavy atom. The van der Waals surface area contributed by atoms with Crippen LogP contribution < -0.4 is 15.5 Å². The number of para-hydroxylation sites is 2. The minimum absolute atomic E-state index is 0.0802. The Balaban J connectivity index is 1.27. The number of likely N-dealkylation sites (tertiary alicyclic amines) is 1. The molecule has 40 heavy (non-hydrogen) atoms. The van der Waals surface area contributed by atoms with Crippen LogP contribution in [0.4, 0.5) is 20.6 Å². The molecule has 1 spiro atoms. The van der Waals surface area contributed by atoms with E-state index < -0.39 is 5.54 Å². The zero-order chi connectivity index (χ0) is 28.1. The van der Waals surface area contributed by atoms with Crippen molar-refractivity contribution >= 4 is 29.2 Å². The smallest absolute Gasteiger partial charge is 0.321 e. The van der Waals surface area contributed by atoms with Gasteiger partial charge in [0.15, 0.2) is 0 Å². The number of amides is 4. The molecular formula is C31H34FN5O3. The highest BCUT2D eigenvalue weighted by molar-refractivity contribution is 5.97. The van der Waals surface area contributed by atoms with E-state index in [1.54, 1.807) is 21.9 Å². The van der Waals surface area contributed by atoms with Crippen LogP contribution in [-0.2, 0) is 22.6 Å². The van der Waals surface area contributed by atoms with Gasteiger partial charge in [-0.1, -0.05) is 55.5 Å². The van der Waals surface area contributed by atoms with Gasteiger partial charge in [0.1, 0.15) is 17.9 Å². The number of aryl methyl sites for hydroxylation is 1. The van der Waals surface area contributed by atoms with Gasteiger partial charge < -0.3 is 25.3 Å². The van der Waals surface area contributed by atoms with Gasteiger partial charge in [-0.2, -0.15) is 0 Å². The second-order valence-corrected chi connectivity index (χ2v) is 10.3. The first kappa shape index (κ1) is 27.2. The number of hydrogen-bond acceptors (Lipinski definition) is 4. The molecule has 0 atom stereocenters. The van der Waals surface area contributed by atoms with Crippen LogP contribution >= 0.6 is 0 Å². The Hall–Kier alpha value is -4.40. The van der Waals surface area contributed by atoms with Crippen molar-refractivity contribution < 1.29 is 18.8 Å². The average Bonchev–Trinajstić information content (AvgIpc) is 3.24. The van der Waals surface area contributed by atoms with Crippen molar-refractivity contribution in [3.63, 3.8) is 0 Å². The fraction of sp³-hybridized carbons (Fsp3) is 0.323. The van der Waals surface area contributed by atoms with Crippen LogP contribution in [0.2, 0.25) is 0 Å². The number of carbonyl (C=O) groups is 3. The molecule has 3 aromatic rings. The van der Waals surface area contributed by atoms with Crippen LogP contribution in [0, 0.1) is 5.82 Å². The van der Waals surface area contributed by atoms with E-state index in [0.29, 0.717) is 25.9 Å². The molecule has 2 N–H and O–H groups in total. The molecule has 2 aliphatic rings. The van der Waals surface area contributed by atoms with Crippen molar-refractivity contribution in [1.82, 2.24) is 15.1 Å². The molecule has 0 radical (unpaired) electrons. The first-order valence-electron chi connectivity index (χ1n) is 13.7. The number of anilines is 2. The second kappa shape index (κ2) is 11.8. The molecule has 208 valence electrons. The second-order valence-electron chi connectivity index (χ2n) is 10.3. The number of carbonyl (C=O) groups excluding carboxylic acids is 3. The van der Waals surface area contributed by atoms with E-state index in [0.717, 1.165) is 28.9 Å². The summed E-state index contributed by atoms with van der Waals surface area (Å²) >= 11 is 0. The number of piperidine rings is 1. The first-order valence-corrected chi connectivity index (χ1v) is 13.7. The van der Waals surface area contributed by atoms with Crippen LogP contribution in [0.1, 0.15) is 30.9 Å². The Morgan fingerprint density at radius 2 is 1.60 bits per heavy atom. The maximum absolute atomic E-state index is 13.9. The lowest BCUT2D eigenvalue weighted by atomic mass is 9.85. The normalized spacial score (nSPS) is 16.4. The maximum Gasteiger partial charge on any atom is 0.321 e. The number of rotatable bonds is 7. The molecule has 2 fully saturated rings. The Labute approximate surface area is 233 Å². The zero-order valence-corrected chi connectivity index (χ0v) is 22.6. The van der Waals surface area contributed by atoms with E-state index in [2.05, 4.69) is 15.5 Å². The van der Waals surface area contributed by atoms with E-state index in [9.17, 15) is 18.8 Å². The summed E-state index contributed by atoms with van der Waals surface area (Å²) in [5.41, 5.74) is 2.71. The number of urea groups is 1. The highest BCUT2D eigenvalue weighted by Gasteiger charge is 2.54. The molecule has 0 aliphatic carbocycles. The van der Waals surface area contributed by atoms with Crippen LogP contribution in [0.25, 0.3) is 0 Å². The van der Waals surface area contributed by atoms with E-state index in [-0.39, 0.29) is 43.4 Å². The molecule has 0 bridgehead atoms. The van der Waals surface area contributed by atoms with Gasteiger partial charge in [-0.15, -0.1) is 0 Å². The SMILES string of the molecule is CCc1ccccc1NC(=O)N1CCC2(CC1)C(=O)N(CC(=O)NCc1ccc(F)cc1)CN2c1ccccc1. The van der Waals surface area contributed by atoms with Crippen molar-refractivity contribution in [3.8, 4) is 0 Å². The van der Waals surface area contributed by atoms with E-state index in [1.165, 1.54) is 12.1 Å². The van der Waals surface area contributed by atoms with Crippen LogP contribution in [0.3, 0.4) is 0 Å². The molecule has 2 saturated heterocycles. The molecule has 2 aliphatic heterocycles. The van der Waals surface area contributed by atoms with Crippen molar-refractivity contribution in [2.24, 2.45) is 0 Å². The van der Waals surface area contributed by atoms with Crippen LogP contribution in [0.15, 0.2) is 78.9 Å². The fourth-order valence-electron chi connectivity index (χ4n) is 5.58. The molecule has 0 saturated carbocycles. The molecule has 5 rings (SSSR count). The lowest BCUT2D eigenvalue weighted by Crippen LogP contribution is -2.58. The van der Waals surface area contributed by atoms with Crippen molar-refractivity contribution in [2.45, 2.75) is 38.3 Å². The van der Waals surface area contributed by atoms with Gasteiger partial charge in [-0.3, -0.25) is 9.59 Å². The number of halogens is 1. The van der Waals surface area contributed by atoms with Gasteiger partial charge in [0.25, 0.3) is 5.91 Å². The van der Waals surface area contributed by atoms with Gasteiger partial charge in [-0.25, -0.2) is 9.18 Å². The summed E-state index contributed by atoms with van der Waals surface area (Å²) in [6, 6.07) is 23.2. The van der Waals surface area contributed by atoms with Gasteiger partial charge in [0, 0.05) is 31.0 Å². The summed E-state index contributed by atoms with van der Waals surface area (Å²) in [6.45, 7) is 3.33. The molecule has 2 heterocycles. The van der Waals surface area contributed by atoms with Gasteiger partial charge in [0.2, 0.25) is 5.91 Å². The van der Waals surface area contributed by atoms with Crippen molar-refractivity contribution in [1.29, 1.82) is 0 Å². The summed E-state index contributed by atoms with van der Waals surface area (Å²) in [6.07, 6.45) is 1.72. The summed E-state index contributed by atoms with van der Waals surface area (Å²) < 4.78 is 13.2. The van der Waals surface area contributed by atoms with Gasteiger partial charge in [-0.05, 0) is 60.7 Å². The largest absolute Gasteiger partial charge is 0.350 e. The van der Waals surface area contributed by atoms with Crippen molar-refractivity contribution in [3.05, 3.63) is 95.8 Å². The monoisotopic (exact) mass is 543 g/mol. The Bertz CT molecular complexity index is 1360. The van der Waals surface area contributed by atoms with E-state index in [1.807, 2.05) is 61.5 Å². The standard InChI is InChI=1S/C31H34FN5O3/c1-2-24-8-6-7-11-27(24)34-30(40)35-18-16-31(17-19-35)29(39)36(22-37(31)26-9-4-3-5-10-26)21-28(38)33-20-23-12-14-25(32)15-13-23/h3-15H,2,16-22H2,1H3,(H,33,38)(H,34,40). The third-order valence-corrected chi connectivity index (χ3v) is 7.84. The van der Waals surface area contributed by atoms with Crippen molar-refractivity contribution in [2.75, 3.05) is 36.5 Å². The third-order valence-electron chi connectivity index (χ3n) is 7.84. The molecule has 4 amide bonds.